The van der Waals surface area contributed by atoms with Crippen molar-refractivity contribution in [1.29, 1.82) is 0 Å². The third-order valence-corrected chi connectivity index (χ3v) is 4.39. The lowest BCUT2D eigenvalue weighted by Crippen LogP contribution is -2.43. The van der Waals surface area contributed by atoms with Crippen molar-refractivity contribution in [3.8, 4) is 10.6 Å². The molecule has 0 saturated carbocycles. The largest absolute Gasteiger partial charge is 0.439 e. The Morgan fingerprint density at radius 2 is 1.86 bits per heavy atom. The Labute approximate surface area is 122 Å². The van der Waals surface area contributed by atoms with Crippen LogP contribution in [0.25, 0.3) is 21.6 Å². The van der Waals surface area contributed by atoms with Crippen LogP contribution in [0.5, 0.6) is 0 Å². The molecule has 108 valence electrons. The van der Waals surface area contributed by atoms with E-state index in [4.69, 9.17) is 0 Å². The lowest BCUT2D eigenvalue weighted by molar-refractivity contribution is -0.374. The van der Waals surface area contributed by atoms with Crippen LogP contribution in [0.4, 0.5) is 0 Å². The summed E-state index contributed by atoms with van der Waals surface area (Å²) in [4.78, 5) is 43.2. The van der Waals surface area contributed by atoms with Gasteiger partial charge in [-0.25, -0.2) is 28.7 Å². The second-order valence-electron chi connectivity index (χ2n) is 4.79. The van der Waals surface area contributed by atoms with Gasteiger partial charge in [-0.15, -0.1) is 11.3 Å². The molecule has 0 unspecified atom stereocenters. The number of aryl methyl sites for hydroxylation is 2. The molecule has 3 aromatic heterocycles. The highest BCUT2D eigenvalue weighted by Crippen LogP contribution is 2.27. The zero-order chi connectivity index (χ0) is 15.3. The molecule has 3 rings (SSSR count). The second kappa shape index (κ2) is 4.52. The van der Waals surface area contributed by atoms with E-state index in [-0.39, 0.29) is 5.65 Å². The molecule has 0 aliphatic heterocycles. The molecule has 0 aromatic carbocycles. The molecule has 3 heterocycles. The number of aromatic nitrogens is 4. The highest BCUT2D eigenvalue weighted by Gasteiger charge is 2.21. The Hall–Kier alpha value is -2.48. The maximum absolute atomic E-state index is 12.4. The van der Waals surface area contributed by atoms with Crippen LogP contribution in [-0.2, 0) is 14.1 Å². The minimum atomic E-state index is -0.484. The highest BCUT2D eigenvalue weighted by molar-refractivity contribution is 7.15. The number of hydrogen-bond donors (Lipinski definition) is 1. The van der Waals surface area contributed by atoms with Gasteiger partial charge < -0.3 is 0 Å². The fraction of sp³-hybridized carbons (Fsp3) is 0.231. The van der Waals surface area contributed by atoms with Crippen molar-refractivity contribution in [2.75, 3.05) is 0 Å². The summed E-state index contributed by atoms with van der Waals surface area (Å²) in [7, 11) is 2.93. The Bertz CT molecular complexity index is 1040. The van der Waals surface area contributed by atoms with Gasteiger partial charge in [0.15, 0.2) is 5.39 Å². The first-order valence-electron chi connectivity index (χ1n) is 6.22. The predicted octanol–water partition coefficient (Wildman–Crippen LogP) is -0.223. The first-order valence-corrected chi connectivity index (χ1v) is 7.04. The molecular weight excluding hydrogens is 292 g/mol. The molecule has 3 aromatic rings. The predicted molar refractivity (Wildman–Crippen MR) is 79.7 cm³/mol. The average molecular weight is 305 g/mol. The molecule has 0 bridgehead atoms. The number of fused-ring (bicyclic) bond motifs is 1. The number of aromatic amines is 2. The molecule has 0 amide bonds. The Morgan fingerprint density at radius 1 is 1.14 bits per heavy atom. The molecule has 2 N–H and O–H groups in total. The van der Waals surface area contributed by atoms with Crippen LogP contribution in [0, 0.1) is 6.92 Å². The molecule has 0 radical (unpaired) electrons. The number of thiophene rings is 1. The van der Waals surface area contributed by atoms with Gasteiger partial charge in [0.2, 0.25) is 5.65 Å². The summed E-state index contributed by atoms with van der Waals surface area (Å²) < 4.78 is 2.29. The summed E-state index contributed by atoms with van der Waals surface area (Å²) in [6.45, 7) is 1.94. The fourth-order valence-electron chi connectivity index (χ4n) is 2.28. The molecule has 21 heavy (non-hydrogen) atoms. The van der Waals surface area contributed by atoms with Crippen LogP contribution < -0.4 is 21.9 Å². The summed E-state index contributed by atoms with van der Waals surface area (Å²) in [6.07, 6.45) is 0. The van der Waals surface area contributed by atoms with Gasteiger partial charge in [0.05, 0.1) is 11.9 Å². The van der Waals surface area contributed by atoms with Gasteiger partial charge in [-0.2, -0.15) is 0 Å². The highest BCUT2D eigenvalue weighted by atomic mass is 32.1. The Balaban J connectivity index is 2.61. The molecule has 0 spiro atoms. The lowest BCUT2D eigenvalue weighted by atomic mass is 10.2. The van der Waals surface area contributed by atoms with Crippen LogP contribution in [0.15, 0.2) is 26.5 Å². The summed E-state index contributed by atoms with van der Waals surface area (Å²) in [6, 6.07) is 3.75. The van der Waals surface area contributed by atoms with E-state index in [9.17, 15) is 14.4 Å². The molecule has 0 fully saturated rings. The summed E-state index contributed by atoms with van der Waals surface area (Å²) in [5.74, 6) is 0. The molecular formula is C13H13N4O3S+. The summed E-state index contributed by atoms with van der Waals surface area (Å²) in [5.41, 5.74) is -0.743. The third kappa shape index (κ3) is 1.95. The van der Waals surface area contributed by atoms with Crippen LogP contribution >= 0.6 is 11.3 Å². The Morgan fingerprint density at radius 3 is 2.48 bits per heavy atom. The Kier molecular flexibility index (Phi) is 2.91. The van der Waals surface area contributed by atoms with Gasteiger partial charge in [0.1, 0.15) is 5.69 Å². The molecule has 0 aliphatic rings. The first kappa shape index (κ1) is 13.5. The zero-order valence-electron chi connectivity index (χ0n) is 11.7. The lowest BCUT2D eigenvalue weighted by Gasteiger charge is -2.04. The monoisotopic (exact) mass is 305 g/mol. The topological polar surface area (TPSA) is 91.0 Å². The minimum Gasteiger partial charge on any atom is -0.268 e. The molecule has 7 nitrogen and oxygen atoms in total. The van der Waals surface area contributed by atoms with Crippen LogP contribution in [-0.4, -0.2) is 14.1 Å². The van der Waals surface area contributed by atoms with Gasteiger partial charge in [-0.1, -0.05) is 0 Å². The number of nitrogens with zero attached hydrogens (tertiary/aromatic N) is 2. The van der Waals surface area contributed by atoms with Crippen LogP contribution in [0.2, 0.25) is 0 Å². The fourth-order valence-corrected chi connectivity index (χ4v) is 3.16. The van der Waals surface area contributed by atoms with E-state index in [0.717, 1.165) is 14.3 Å². The number of H-pyrrole nitrogens is 2. The van der Waals surface area contributed by atoms with Crippen LogP contribution in [0.1, 0.15) is 4.88 Å². The van der Waals surface area contributed by atoms with Gasteiger partial charge in [-0.05, 0) is 19.1 Å². The second-order valence-corrected chi connectivity index (χ2v) is 6.08. The standard InChI is InChI=1S/C13H12N4O3S/c1-6-4-5-7(21-6)9-8-10(15-12(19)14-9)16(2)13(20)17(3)11(8)18/h4-5H,1-3H3,(H,14,15,19)/p+1. The van der Waals surface area contributed by atoms with Crippen molar-refractivity contribution in [2.45, 2.75) is 6.92 Å². The van der Waals surface area contributed by atoms with E-state index in [1.54, 1.807) is 0 Å². The summed E-state index contributed by atoms with van der Waals surface area (Å²) in [5, 5.41) is 0.293. The first-order chi connectivity index (χ1) is 9.90. The van der Waals surface area contributed by atoms with Gasteiger partial charge in [-0.3, -0.25) is 4.79 Å². The third-order valence-electron chi connectivity index (χ3n) is 3.37. The van der Waals surface area contributed by atoms with Crippen molar-refractivity contribution >= 4 is 22.4 Å². The zero-order valence-corrected chi connectivity index (χ0v) is 12.5. The van der Waals surface area contributed by atoms with Crippen molar-refractivity contribution in [3.63, 3.8) is 0 Å². The minimum absolute atomic E-state index is 0.216. The van der Waals surface area contributed by atoms with Crippen molar-refractivity contribution in [3.05, 3.63) is 48.3 Å². The van der Waals surface area contributed by atoms with Crippen molar-refractivity contribution < 1.29 is 4.98 Å². The van der Waals surface area contributed by atoms with E-state index in [1.165, 1.54) is 30.0 Å². The SMILES string of the molecule is Cc1ccc(-c2[nH]c(=O)[nH+]c3c2c(=O)n(C)c(=O)n3C)s1. The van der Waals surface area contributed by atoms with Crippen molar-refractivity contribution in [2.24, 2.45) is 14.1 Å². The summed E-state index contributed by atoms with van der Waals surface area (Å²) >= 11 is 1.47. The molecule has 8 heteroatoms. The number of rotatable bonds is 1. The van der Waals surface area contributed by atoms with Gasteiger partial charge in [0, 0.05) is 11.9 Å². The van der Waals surface area contributed by atoms with Gasteiger partial charge >= 0.3 is 11.4 Å². The van der Waals surface area contributed by atoms with E-state index in [1.807, 2.05) is 19.1 Å². The van der Waals surface area contributed by atoms with E-state index in [0.29, 0.717) is 11.1 Å². The van der Waals surface area contributed by atoms with Crippen molar-refractivity contribution in [1.82, 2.24) is 14.1 Å². The number of hydrogen-bond acceptors (Lipinski definition) is 4. The maximum atomic E-state index is 12.4. The van der Waals surface area contributed by atoms with E-state index < -0.39 is 16.9 Å². The van der Waals surface area contributed by atoms with Gasteiger partial charge in [0.25, 0.3) is 5.56 Å². The van der Waals surface area contributed by atoms with Crippen LogP contribution in [0.3, 0.4) is 0 Å². The quantitative estimate of drug-likeness (QED) is 0.673. The molecule has 0 aliphatic carbocycles. The van der Waals surface area contributed by atoms with E-state index in [2.05, 4.69) is 9.97 Å². The molecule has 0 saturated heterocycles. The smallest absolute Gasteiger partial charge is 0.268 e. The molecule has 0 atom stereocenters. The maximum Gasteiger partial charge on any atom is 0.439 e. The average Bonchev–Trinajstić information content (AvgIpc) is 2.88. The normalized spacial score (nSPS) is 11.2. The van der Waals surface area contributed by atoms with E-state index >= 15 is 0 Å². The number of nitrogens with one attached hydrogen (secondary N) is 2.